The maximum absolute atomic E-state index is 13.0. The number of piperidine rings is 2. The van der Waals surface area contributed by atoms with Gasteiger partial charge in [0, 0.05) is 25.6 Å². The van der Waals surface area contributed by atoms with E-state index < -0.39 is 12.0 Å². The number of carbonyl (C=O) groups excluding carboxylic acids is 2. The Balaban J connectivity index is 0.00000432. The van der Waals surface area contributed by atoms with E-state index in [2.05, 4.69) is 10.6 Å². The van der Waals surface area contributed by atoms with Gasteiger partial charge in [0.2, 0.25) is 11.8 Å². The third kappa shape index (κ3) is 9.68. The molecule has 0 radical (unpaired) electrons. The Labute approximate surface area is 214 Å². The average molecular weight is 510 g/mol. The summed E-state index contributed by atoms with van der Waals surface area (Å²) in [5, 5.41) is 15.7. The molecule has 2 aliphatic rings. The van der Waals surface area contributed by atoms with Crippen molar-refractivity contribution in [3.05, 3.63) is 29.8 Å². The van der Waals surface area contributed by atoms with Crippen molar-refractivity contribution in [2.24, 2.45) is 11.8 Å². The topological polar surface area (TPSA) is 108 Å². The molecule has 2 fully saturated rings. The summed E-state index contributed by atoms with van der Waals surface area (Å²) in [6, 6.07) is 7.20. The number of methoxy groups -OCH3 is 1. The van der Waals surface area contributed by atoms with Crippen molar-refractivity contribution in [2.75, 3.05) is 33.3 Å². The highest BCUT2D eigenvalue weighted by Crippen LogP contribution is 2.22. The second kappa shape index (κ2) is 14.9. The summed E-state index contributed by atoms with van der Waals surface area (Å²) < 4.78 is 5.25. The zero-order valence-electron chi connectivity index (χ0n) is 20.7. The fourth-order valence-corrected chi connectivity index (χ4v) is 5.00. The number of ether oxygens (including phenoxy) is 1. The lowest BCUT2D eigenvalue weighted by Crippen LogP contribution is -2.48. The number of halogens is 1. The zero-order chi connectivity index (χ0) is 24.3. The van der Waals surface area contributed by atoms with Gasteiger partial charge in [-0.25, -0.2) is 0 Å². The van der Waals surface area contributed by atoms with Gasteiger partial charge in [-0.2, -0.15) is 0 Å². The molecule has 0 aromatic heterocycles. The minimum absolute atomic E-state index is 0. The van der Waals surface area contributed by atoms with Gasteiger partial charge in [-0.05, 0) is 81.6 Å². The van der Waals surface area contributed by atoms with E-state index in [0.717, 1.165) is 56.5 Å². The number of hydrogen-bond acceptors (Lipinski definition) is 5. The van der Waals surface area contributed by atoms with Crippen molar-refractivity contribution < 1.29 is 24.2 Å². The molecule has 1 aromatic carbocycles. The number of aliphatic carboxylic acids is 1. The third-order valence-corrected chi connectivity index (χ3v) is 7.05. The Morgan fingerprint density at radius 3 is 2.71 bits per heavy atom. The molecule has 0 spiro atoms. The zero-order valence-corrected chi connectivity index (χ0v) is 21.5. The Morgan fingerprint density at radius 1 is 1.23 bits per heavy atom. The average Bonchev–Trinajstić information content (AvgIpc) is 2.86. The van der Waals surface area contributed by atoms with Gasteiger partial charge in [0.15, 0.2) is 0 Å². The summed E-state index contributed by atoms with van der Waals surface area (Å²) >= 11 is 0. The van der Waals surface area contributed by atoms with Crippen LogP contribution in [-0.4, -0.2) is 67.1 Å². The molecule has 2 heterocycles. The quantitative estimate of drug-likeness (QED) is 0.423. The second-order valence-corrected chi connectivity index (χ2v) is 9.60. The molecule has 8 nitrogen and oxygen atoms in total. The highest BCUT2D eigenvalue weighted by Gasteiger charge is 2.30. The predicted molar refractivity (Wildman–Crippen MR) is 137 cm³/mol. The lowest BCUT2D eigenvalue weighted by atomic mass is 9.92. The summed E-state index contributed by atoms with van der Waals surface area (Å²) in [7, 11) is 1.61. The summed E-state index contributed by atoms with van der Waals surface area (Å²) in [5.41, 5.74) is 1.03. The molecule has 3 N–H and O–H groups in total. The van der Waals surface area contributed by atoms with E-state index in [0.29, 0.717) is 38.3 Å². The smallest absolute Gasteiger partial charge is 0.305 e. The van der Waals surface area contributed by atoms with Crippen molar-refractivity contribution in [3.63, 3.8) is 0 Å². The van der Waals surface area contributed by atoms with Crippen LogP contribution in [0.25, 0.3) is 0 Å². The van der Waals surface area contributed by atoms with Crippen molar-refractivity contribution in [3.8, 4) is 5.75 Å². The molecule has 2 aliphatic heterocycles. The van der Waals surface area contributed by atoms with Crippen molar-refractivity contribution >= 4 is 30.2 Å². The molecule has 196 valence electrons. The number of aryl methyl sites for hydroxylation is 1. The van der Waals surface area contributed by atoms with Gasteiger partial charge in [-0.3, -0.25) is 14.4 Å². The number of carboxylic acid groups (broad SMARTS) is 1. The normalized spacial score (nSPS) is 19.3. The van der Waals surface area contributed by atoms with Crippen LogP contribution in [0.2, 0.25) is 0 Å². The molecule has 3 rings (SSSR count). The van der Waals surface area contributed by atoms with Crippen LogP contribution in [0.1, 0.15) is 56.9 Å². The minimum atomic E-state index is -0.936. The molecule has 35 heavy (non-hydrogen) atoms. The highest BCUT2D eigenvalue weighted by molar-refractivity contribution is 5.85. The Bertz CT molecular complexity index is 831. The number of carboxylic acids is 1. The molecule has 2 saturated heterocycles. The molecule has 2 atom stereocenters. The number of hydrogen-bond donors (Lipinski definition) is 3. The van der Waals surface area contributed by atoms with Crippen molar-refractivity contribution in [2.45, 2.75) is 63.8 Å². The molecular weight excluding hydrogens is 470 g/mol. The summed E-state index contributed by atoms with van der Waals surface area (Å²) in [4.78, 5) is 39.0. The third-order valence-electron chi connectivity index (χ3n) is 7.05. The van der Waals surface area contributed by atoms with E-state index >= 15 is 0 Å². The fraction of sp³-hybridized carbons (Fsp3) is 0.654. The fourth-order valence-electron chi connectivity index (χ4n) is 5.00. The monoisotopic (exact) mass is 509 g/mol. The highest BCUT2D eigenvalue weighted by atomic mass is 35.5. The first kappa shape index (κ1) is 28.9. The van der Waals surface area contributed by atoms with Crippen molar-refractivity contribution in [1.29, 1.82) is 0 Å². The predicted octanol–water partition coefficient (Wildman–Crippen LogP) is 3.03. The standard InChI is InChI=1S/C26H39N3O5.ClH/c1-34-23-6-2-4-20(16-23)7-9-22(17-25(31)32)28-26(33)21-5-3-15-29(18-21)24(30)10-8-19-11-13-27-14-12-19;/h2,4,6,16,19,21-22,27H,3,5,7-15,17-18H2,1H3,(H,28,33)(H,31,32);1H/t21-,22?;/m1./s1. The van der Waals surface area contributed by atoms with Crippen LogP contribution in [0.15, 0.2) is 24.3 Å². The number of rotatable bonds is 11. The number of carbonyl (C=O) groups is 3. The molecule has 0 aliphatic carbocycles. The van der Waals surface area contributed by atoms with Gasteiger partial charge < -0.3 is 25.4 Å². The van der Waals surface area contributed by atoms with E-state index in [1.165, 1.54) is 0 Å². The second-order valence-electron chi connectivity index (χ2n) is 9.60. The van der Waals surface area contributed by atoms with E-state index in [4.69, 9.17) is 4.74 Å². The number of nitrogens with zero attached hydrogens (tertiary/aromatic N) is 1. The van der Waals surface area contributed by atoms with Gasteiger partial charge in [-0.15, -0.1) is 12.4 Å². The van der Waals surface area contributed by atoms with E-state index in [-0.39, 0.29) is 36.6 Å². The first-order chi connectivity index (χ1) is 16.4. The summed E-state index contributed by atoms with van der Waals surface area (Å²) in [5.74, 6) is 0.127. The molecule has 2 amide bonds. The van der Waals surface area contributed by atoms with Gasteiger partial charge in [0.25, 0.3) is 0 Å². The number of nitrogens with one attached hydrogen (secondary N) is 2. The Morgan fingerprint density at radius 2 is 2.00 bits per heavy atom. The van der Waals surface area contributed by atoms with Gasteiger partial charge in [0.05, 0.1) is 19.4 Å². The molecule has 1 unspecified atom stereocenters. The van der Waals surface area contributed by atoms with Crippen LogP contribution >= 0.6 is 12.4 Å². The SMILES string of the molecule is COc1cccc(CCC(CC(=O)O)NC(=O)[C@@H]2CCCN(C(=O)CCC3CCNCC3)C2)c1.Cl. The number of amides is 2. The lowest BCUT2D eigenvalue weighted by molar-refractivity contribution is -0.138. The Hall–Kier alpha value is -2.32. The number of benzene rings is 1. The summed E-state index contributed by atoms with van der Waals surface area (Å²) in [6.07, 6.45) is 6.27. The lowest BCUT2D eigenvalue weighted by Gasteiger charge is -2.33. The molecule has 9 heteroatoms. The minimum Gasteiger partial charge on any atom is -0.497 e. The van der Waals surface area contributed by atoms with E-state index in [9.17, 15) is 19.5 Å². The molecule has 0 bridgehead atoms. The van der Waals surface area contributed by atoms with E-state index in [1.807, 2.05) is 29.2 Å². The van der Waals surface area contributed by atoms with Gasteiger partial charge >= 0.3 is 5.97 Å². The van der Waals surface area contributed by atoms with Crippen LogP contribution < -0.4 is 15.4 Å². The van der Waals surface area contributed by atoms with Gasteiger partial charge in [-0.1, -0.05) is 12.1 Å². The molecular formula is C26H40ClN3O5. The summed E-state index contributed by atoms with van der Waals surface area (Å²) in [6.45, 7) is 3.18. The van der Waals surface area contributed by atoms with Crippen molar-refractivity contribution in [1.82, 2.24) is 15.5 Å². The molecule has 0 saturated carbocycles. The van der Waals surface area contributed by atoms with Crippen LogP contribution in [0, 0.1) is 11.8 Å². The van der Waals surface area contributed by atoms with Crippen LogP contribution in [0.5, 0.6) is 5.75 Å². The maximum Gasteiger partial charge on any atom is 0.305 e. The van der Waals surface area contributed by atoms with Crippen LogP contribution in [0.4, 0.5) is 0 Å². The molecule has 1 aromatic rings. The first-order valence-electron chi connectivity index (χ1n) is 12.6. The van der Waals surface area contributed by atoms with E-state index in [1.54, 1.807) is 7.11 Å². The van der Waals surface area contributed by atoms with Crippen LogP contribution in [-0.2, 0) is 20.8 Å². The largest absolute Gasteiger partial charge is 0.497 e. The van der Waals surface area contributed by atoms with Crippen LogP contribution in [0.3, 0.4) is 0 Å². The van der Waals surface area contributed by atoms with Gasteiger partial charge in [0.1, 0.15) is 5.75 Å². The number of likely N-dealkylation sites (tertiary alicyclic amines) is 1. The first-order valence-corrected chi connectivity index (χ1v) is 12.6. The Kier molecular flexibility index (Phi) is 12.3. The maximum atomic E-state index is 13.0.